The monoisotopic (exact) mass is 543 g/mol. The van der Waals surface area contributed by atoms with Crippen molar-refractivity contribution in [3.8, 4) is 11.5 Å². The molecule has 5 nitrogen and oxygen atoms in total. The molecule has 0 radical (unpaired) electrons. The van der Waals surface area contributed by atoms with Gasteiger partial charge in [0, 0.05) is 58.3 Å². The zero-order valence-corrected chi connectivity index (χ0v) is 23.2. The highest BCUT2D eigenvalue weighted by Crippen LogP contribution is 2.39. The van der Waals surface area contributed by atoms with E-state index in [1.54, 1.807) is 14.2 Å². The Hall–Kier alpha value is -4.90. The first-order valence-electron chi connectivity index (χ1n) is 13.7. The Morgan fingerprint density at radius 3 is 1.29 bits per heavy atom. The molecule has 5 rings (SSSR count). The van der Waals surface area contributed by atoms with Crippen LogP contribution in [0.15, 0.2) is 121 Å². The minimum atomic E-state index is -0.282. The second kappa shape index (κ2) is 13.0. The number of hydrogen-bond acceptors (Lipinski definition) is 4. The molecule has 0 aliphatic heterocycles. The van der Waals surface area contributed by atoms with Crippen molar-refractivity contribution in [2.75, 3.05) is 14.2 Å². The van der Waals surface area contributed by atoms with Crippen LogP contribution >= 0.6 is 0 Å². The number of hydrogen-bond donors (Lipinski definition) is 1. The molecule has 206 valence electrons. The van der Waals surface area contributed by atoms with E-state index in [4.69, 9.17) is 9.47 Å². The topological polar surface area (TPSA) is 68.4 Å². The molecule has 5 heteroatoms. The third kappa shape index (κ3) is 6.30. The Morgan fingerprint density at radius 1 is 0.537 bits per heavy atom. The fourth-order valence-electron chi connectivity index (χ4n) is 5.37. The number of ketones is 2. The van der Waals surface area contributed by atoms with Crippen LogP contribution < -0.4 is 9.47 Å². The molecule has 1 heterocycles. The highest BCUT2D eigenvalue weighted by molar-refractivity contribution is 5.97. The summed E-state index contributed by atoms with van der Waals surface area (Å²) in [6.45, 7) is 0. The quantitative estimate of drug-likeness (QED) is 0.163. The van der Waals surface area contributed by atoms with Gasteiger partial charge in [0.15, 0.2) is 11.6 Å². The second-order valence-corrected chi connectivity index (χ2v) is 9.94. The highest BCUT2D eigenvalue weighted by Gasteiger charge is 2.27. The molecule has 1 aromatic heterocycles. The summed E-state index contributed by atoms with van der Waals surface area (Å²) in [5.74, 6) is 0.952. The lowest BCUT2D eigenvalue weighted by molar-refractivity contribution is 0.0969. The van der Waals surface area contributed by atoms with Crippen molar-refractivity contribution in [1.29, 1.82) is 0 Å². The van der Waals surface area contributed by atoms with Crippen molar-refractivity contribution in [2.24, 2.45) is 0 Å². The largest absolute Gasteiger partial charge is 0.496 e. The summed E-state index contributed by atoms with van der Waals surface area (Å²) in [6.07, 6.45) is 0.513. The molecule has 0 aliphatic rings. The number of benzene rings is 4. The first-order chi connectivity index (χ1) is 20.1. The van der Waals surface area contributed by atoms with Crippen molar-refractivity contribution < 1.29 is 19.1 Å². The maximum Gasteiger partial charge on any atom is 0.163 e. The zero-order chi connectivity index (χ0) is 28.6. The number of nitrogens with one attached hydrogen (secondary N) is 1. The third-order valence-corrected chi connectivity index (χ3v) is 7.48. The van der Waals surface area contributed by atoms with Gasteiger partial charge >= 0.3 is 0 Å². The summed E-state index contributed by atoms with van der Waals surface area (Å²) >= 11 is 0. The smallest absolute Gasteiger partial charge is 0.163 e. The molecule has 1 N–H and O–H groups in total. The van der Waals surface area contributed by atoms with Gasteiger partial charge in [0.1, 0.15) is 11.5 Å². The minimum absolute atomic E-state index is 0.0400. The molecule has 0 fully saturated rings. The maximum atomic E-state index is 13.4. The summed E-state index contributed by atoms with van der Waals surface area (Å²) in [4.78, 5) is 30.5. The van der Waals surface area contributed by atoms with Crippen LogP contribution in [0.25, 0.3) is 0 Å². The van der Waals surface area contributed by atoms with E-state index in [-0.39, 0.29) is 36.2 Å². The molecule has 2 atom stereocenters. The predicted octanol–water partition coefficient (Wildman–Crippen LogP) is 7.84. The van der Waals surface area contributed by atoms with Crippen LogP contribution in [-0.4, -0.2) is 30.8 Å². The molecule has 0 saturated heterocycles. The second-order valence-electron chi connectivity index (χ2n) is 9.94. The number of methoxy groups -OCH3 is 2. The number of ether oxygens (including phenoxy) is 2. The summed E-state index contributed by atoms with van der Waals surface area (Å²) < 4.78 is 11.4. The third-order valence-electron chi connectivity index (χ3n) is 7.48. The normalized spacial score (nSPS) is 12.3. The summed E-state index contributed by atoms with van der Waals surface area (Å²) in [6, 6.07) is 38.3. The van der Waals surface area contributed by atoms with Gasteiger partial charge < -0.3 is 14.5 Å². The van der Waals surface area contributed by atoms with Gasteiger partial charge in [0.05, 0.1) is 14.2 Å². The fraction of sp³-hybridized carbons (Fsp3) is 0.167. The van der Waals surface area contributed by atoms with Crippen LogP contribution in [0, 0.1) is 0 Å². The molecule has 0 spiro atoms. The van der Waals surface area contributed by atoms with E-state index >= 15 is 0 Å². The Labute approximate surface area is 240 Å². The van der Waals surface area contributed by atoms with E-state index in [1.807, 2.05) is 121 Å². The summed E-state index contributed by atoms with van der Waals surface area (Å²) in [5, 5.41) is 0. The Bertz CT molecular complexity index is 1490. The van der Waals surface area contributed by atoms with Gasteiger partial charge in [-0.25, -0.2) is 0 Å². The minimum Gasteiger partial charge on any atom is -0.496 e. The lowest BCUT2D eigenvalue weighted by atomic mass is 9.88. The van der Waals surface area contributed by atoms with Crippen LogP contribution in [0.5, 0.6) is 11.5 Å². The average molecular weight is 544 g/mol. The van der Waals surface area contributed by atoms with E-state index < -0.39 is 0 Å². The lowest BCUT2D eigenvalue weighted by Gasteiger charge is -2.21. The van der Waals surface area contributed by atoms with Gasteiger partial charge in [-0.1, -0.05) is 97.1 Å². The van der Waals surface area contributed by atoms with Gasteiger partial charge in [-0.2, -0.15) is 0 Å². The lowest BCUT2D eigenvalue weighted by Crippen LogP contribution is -2.13. The first kappa shape index (κ1) is 27.7. The number of carbonyl (C=O) groups excluding carboxylic acids is 2. The van der Waals surface area contributed by atoms with Gasteiger partial charge in [-0.15, -0.1) is 0 Å². The predicted molar refractivity (Wildman–Crippen MR) is 161 cm³/mol. The van der Waals surface area contributed by atoms with E-state index in [1.165, 1.54) is 0 Å². The van der Waals surface area contributed by atoms with Crippen molar-refractivity contribution in [3.05, 3.63) is 155 Å². The van der Waals surface area contributed by atoms with Crippen LogP contribution in [0.1, 0.15) is 67.9 Å². The Kier molecular flexibility index (Phi) is 8.75. The SMILES string of the molecule is COc1ccccc1C(CC(=O)c1ccccc1)c1ccc(C(CC(=O)c2ccccc2)c2ccccc2OC)[nH]1. The molecule has 5 aromatic rings. The molecule has 0 saturated carbocycles. The Balaban J connectivity index is 1.56. The van der Waals surface area contributed by atoms with Crippen molar-refractivity contribution in [3.63, 3.8) is 0 Å². The highest BCUT2D eigenvalue weighted by atomic mass is 16.5. The van der Waals surface area contributed by atoms with Crippen LogP contribution in [0.3, 0.4) is 0 Å². The van der Waals surface area contributed by atoms with E-state index in [0.29, 0.717) is 11.1 Å². The first-order valence-corrected chi connectivity index (χ1v) is 13.7. The fourth-order valence-corrected chi connectivity index (χ4v) is 5.37. The van der Waals surface area contributed by atoms with Crippen molar-refractivity contribution in [2.45, 2.75) is 24.7 Å². The summed E-state index contributed by atoms with van der Waals surface area (Å²) in [7, 11) is 3.28. The Morgan fingerprint density at radius 2 is 0.902 bits per heavy atom. The number of H-pyrrole nitrogens is 1. The van der Waals surface area contributed by atoms with Crippen LogP contribution in [-0.2, 0) is 0 Å². The number of carbonyl (C=O) groups is 2. The number of Topliss-reactive ketones (excluding diaryl/α,β-unsaturated/α-hetero) is 2. The molecule has 0 amide bonds. The van der Waals surface area contributed by atoms with Gasteiger partial charge in [0.25, 0.3) is 0 Å². The van der Waals surface area contributed by atoms with E-state index in [9.17, 15) is 9.59 Å². The number of aromatic amines is 1. The molecule has 0 aliphatic carbocycles. The molecule has 4 aromatic carbocycles. The number of para-hydroxylation sites is 2. The van der Waals surface area contributed by atoms with Crippen molar-refractivity contribution in [1.82, 2.24) is 4.98 Å². The standard InChI is InChI=1S/C36H33NO4/c1-40-35-19-11-9-17-27(35)29(23-33(38)25-13-5-3-6-14-25)31-21-22-32(37-31)30(28-18-10-12-20-36(28)41-2)24-34(39)26-15-7-4-8-16-26/h3-22,29-30,37H,23-24H2,1-2H3. The van der Waals surface area contributed by atoms with Crippen LogP contribution in [0.4, 0.5) is 0 Å². The van der Waals surface area contributed by atoms with E-state index in [2.05, 4.69) is 4.98 Å². The van der Waals surface area contributed by atoms with Crippen LogP contribution in [0.2, 0.25) is 0 Å². The zero-order valence-electron chi connectivity index (χ0n) is 23.2. The van der Waals surface area contributed by atoms with Gasteiger partial charge in [0.2, 0.25) is 0 Å². The number of rotatable bonds is 12. The molecule has 2 unspecified atom stereocenters. The molecule has 41 heavy (non-hydrogen) atoms. The average Bonchev–Trinajstić information content (AvgIpc) is 3.53. The van der Waals surface area contributed by atoms with Crippen molar-refractivity contribution >= 4 is 11.6 Å². The van der Waals surface area contributed by atoms with Gasteiger partial charge in [-0.05, 0) is 24.3 Å². The maximum absolute atomic E-state index is 13.4. The molecular weight excluding hydrogens is 510 g/mol. The van der Waals surface area contributed by atoms with E-state index in [0.717, 1.165) is 34.0 Å². The number of aromatic nitrogens is 1. The van der Waals surface area contributed by atoms with Gasteiger partial charge in [-0.3, -0.25) is 9.59 Å². The summed E-state index contributed by atoms with van der Waals surface area (Å²) in [5.41, 5.74) is 4.92. The molecular formula is C36H33NO4. The molecule has 0 bridgehead atoms.